The molecule has 2 aromatic rings. The van der Waals surface area contributed by atoms with Crippen LogP contribution >= 0.6 is 11.8 Å². The first-order valence-electron chi connectivity index (χ1n) is 8.32. The van der Waals surface area contributed by atoms with Crippen LogP contribution in [0.15, 0.2) is 52.7 Å². The monoisotopic (exact) mass is 368 g/mol. The van der Waals surface area contributed by atoms with Gasteiger partial charge in [-0.1, -0.05) is 35.5 Å². The van der Waals surface area contributed by atoms with Crippen LogP contribution in [-0.2, 0) is 4.79 Å². The average Bonchev–Trinajstić information content (AvgIpc) is 3.01. The molecule has 2 amide bonds. The van der Waals surface area contributed by atoms with Gasteiger partial charge < -0.3 is 10.2 Å². The fraction of sp³-hybridized carbons (Fsp3) is 0.263. The minimum absolute atomic E-state index is 0.0499. The van der Waals surface area contributed by atoms with E-state index in [4.69, 9.17) is 0 Å². The Morgan fingerprint density at radius 2 is 1.85 bits per heavy atom. The van der Waals surface area contributed by atoms with Crippen molar-refractivity contribution in [2.24, 2.45) is 10.2 Å². The highest BCUT2D eigenvalue weighted by Gasteiger charge is 2.23. The van der Waals surface area contributed by atoms with Crippen molar-refractivity contribution in [1.82, 2.24) is 4.90 Å². The lowest BCUT2D eigenvalue weighted by molar-refractivity contribution is -0.116. The Kier molecular flexibility index (Phi) is 5.68. The molecule has 2 aromatic carbocycles. The van der Waals surface area contributed by atoms with Crippen molar-refractivity contribution in [2.75, 3.05) is 24.2 Å². The minimum atomic E-state index is -0.239. The summed E-state index contributed by atoms with van der Waals surface area (Å²) in [5.41, 5.74) is 4.08. The molecule has 7 heteroatoms. The molecule has 0 unspecified atom stereocenters. The number of rotatable bonds is 5. The van der Waals surface area contributed by atoms with E-state index in [9.17, 15) is 9.59 Å². The molecular weight excluding hydrogens is 348 g/mol. The highest BCUT2D eigenvalue weighted by molar-refractivity contribution is 8.13. The molecule has 1 heterocycles. The predicted octanol–water partition coefficient (Wildman–Crippen LogP) is 4.83. The predicted molar refractivity (Wildman–Crippen MR) is 105 cm³/mol. The minimum Gasteiger partial charge on any atom is -0.323 e. The SMILES string of the molecule is Cc1ccc(N=Nc2cc(C)ccc2NC(=O)CN2CCSC2=O)cc1. The lowest BCUT2D eigenvalue weighted by atomic mass is 10.2. The van der Waals surface area contributed by atoms with Gasteiger partial charge in [0.1, 0.15) is 12.2 Å². The number of aryl methyl sites for hydroxylation is 2. The van der Waals surface area contributed by atoms with Crippen molar-refractivity contribution in [3.63, 3.8) is 0 Å². The van der Waals surface area contributed by atoms with Crippen LogP contribution in [0.3, 0.4) is 0 Å². The molecule has 6 nitrogen and oxygen atoms in total. The van der Waals surface area contributed by atoms with Gasteiger partial charge in [-0.05, 0) is 43.7 Å². The third-order valence-corrected chi connectivity index (χ3v) is 4.81. The lowest BCUT2D eigenvalue weighted by Gasteiger charge is -2.14. The summed E-state index contributed by atoms with van der Waals surface area (Å²) >= 11 is 1.24. The summed E-state index contributed by atoms with van der Waals surface area (Å²) in [6.07, 6.45) is 0. The Morgan fingerprint density at radius 1 is 1.12 bits per heavy atom. The maximum Gasteiger partial charge on any atom is 0.282 e. The van der Waals surface area contributed by atoms with Gasteiger partial charge in [0, 0.05) is 12.3 Å². The van der Waals surface area contributed by atoms with Crippen LogP contribution in [0.4, 0.5) is 21.9 Å². The van der Waals surface area contributed by atoms with Gasteiger partial charge in [-0.2, -0.15) is 5.11 Å². The molecule has 3 rings (SSSR count). The van der Waals surface area contributed by atoms with Crippen LogP contribution in [0.2, 0.25) is 0 Å². The summed E-state index contributed by atoms with van der Waals surface area (Å²) < 4.78 is 0. The molecular formula is C19H20N4O2S. The number of carbonyl (C=O) groups excluding carboxylic acids is 2. The van der Waals surface area contributed by atoms with Gasteiger partial charge in [0.2, 0.25) is 5.91 Å². The number of amides is 2. The molecule has 1 saturated heterocycles. The zero-order chi connectivity index (χ0) is 18.5. The number of anilines is 1. The summed E-state index contributed by atoms with van der Waals surface area (Å²) in [5, 5.41) is 11.3. The Labute approximate surface area is 156 Å². The van der Waals surface area contributed by atoms with E-state index in [2.05, 4.69) is 15.5 Å². The zero-order valence-electron chi connectivity index (χ0n) is 14.7. The topological polar surface area (TPSA) is 74.1 Å². The van der Waals surface area contributed by atoms with E-state index >= 15 is 0 Å². The summed E-state index contributed by atoms with van der Waals surface area (Å²) in [6, 6.07) is 13.3. The molecule has 1 N–H and O–H groups in total. The van der Waals surface area contributed by atoms with Gasteiger partial charge in [-0.15, -0.1) is 5.11 Å². The maximum absolute atomic E-state index is 12.3. The highest BCUT2D eigenvalue weighted by Crippen LogP contribution is 2.28. The van der Waals surface area contributed by atoms with Crippen LogP contribution in [-0.4, -0.2) is 34.9 Å². The van der Waals surface area contributed by atoms with Crippen molar-refractivity contribution in [1.29, 1.82) is 0 Å². The fourth-order valence-corrected chi connectivity index (χ4v) is 3.31. The second-order valence-electron chi connectivity index (χ2n) is 6.14. The standard InChI is InChI=1S/C19H20N4O2S/c1-13-3-6-15(7-4-13)21-22-17-11-14(2)5-8-16(17)20-18(24)12-23-9-10-26-19(23)25/h3-8,11H,9-10,12H2,1-2H3,(H,20,24). The second-order valence-corrected chi connectivity index (χ2v) is 7.19. The first kappa shape index (κ1) is 18.1. The van der Waals surface area contributed by atoms with Crippen molar-refractivity contribution in [3.05, 3.63) is 53.6 Å². The average molecular weight is 368 g/mol. The van der Waals surface area contributed by atoms with Crippen LogP contribution in [0.25, 0.3) is 0 Å². The Morgan fingerprint density at radius 3 is 2.54 bits per heavy atom. The molecule has 0 atom stereocenters. The van der Waals surface area contributed by atoms with E-state index in [-0.39, 0.29) is 17.7 Å². The van der Waals surface area contributed by atoms with Gasteiger partial charge >= 0.3 is 0 Å². The summed E-state index contributed by atoms with van der Waals surface area (Å²) in [4.78, 5) is 25.5. The molecule has 0 spiro atoms. The van der Waals surface area contributed by atoms with Gasteiger partial charge in [-0.3, -0.25) is 9.59 Å². The van der Waals surface area contributed by atoms with Gasteiger partial charge in [0.05, 0.1) is 11.4 Å². The van der Waals surface area contributed by atoms with Gasteiger partial charge in [-0.25, -0.2) is 0 Å². The quantitative estimate of drug-likeness (QED) is 0.769. The van der Waals surface area contributed by atoms with Gasteiger partial charge in [0.15, 0.2) is 0 Å². The first-order valence-corrected chi connectivity index (χ1v) is 9.30. The van der Waals surface area contributed by atoms with E-state index in [1.54, 1.807) is 11.0 Å². The van der Waals surface area contributed by atoms with E-state index in [1.807, 2.05) is 50.2 Å². The summed E-state index contributed by atoms with van der Waals surface area (Å²) in [5.74, 6) is 0.489. The summed E-state index contributed by atoms with van der Waals surface area (Å²) in [7, 11) is 0. The molecule has 1 aliphatic heterocycles. The zero-order valence-corrected chi connectivity index (χ0v) is 15.5. The largest absolute Gasteiger partial charge is 0.323 e. The smallest absolute Gasteiger partial charge is 0.282 e. The van der Waals surface area contributed by atoms with E-state index in [1.165, 1.54) is 11.8 Å². The lowest BCUT2D eigenvalue weighted by Crippen LogP contribution is -2.33. The maximum atomic E-state index is 12.3. The Bertz CT molecular complexity index is 849. The Hall–Kier alpha value is -2.67. The molecule has 1 aliphatic rings. The van der Waals surface area contributed by atoms with Crippen LogP contribution in [0.5, 0.6) is 0 Å². The molecule has 0 radical (unpaired) electrons. The van der Waals surface area contributed by atoms with E-state index in [0.29, 0.717) is 17.9 Å². The number of hydrogen-bond acceptors (Lipinski definition) is 5. The summed E-state index contributed by atoms with van der Waals surface area (Å²) in [6.45, 7) is 4.62. The highest BCUT2D eigenvalue weighted by atomic mass is 32.2. The number of nitrogens with zero attached hydrogens (tertiary/aromatic N) is 3. The van der Waals surface area contributed by atoms with Crippen LogP contribution in [0.1, 0.15) is 11.1 Å². The Balaban J connectivity index is 1.73. The number of thioether (sulfide) groups is 1. The second kappa shape index (κ2) is 8.14. The normalized spacial score (nSPS) is 14.2. The molecule has 1 fully saturated rings. The van der Waals surface area contributed by atoms with E-state index < -0.39 is 0 Å². The third kappa shape index (κ3) is 4.70. The molecule has 0 aromatic heterocycles. The van der Waals surface area contributed by atoms with Crippen molar-refractivity contribution in [3.8, 4) is 0 Å². The third-order valence-electron chi connectivity index (χ3n) is 3.91. The number of nitrogens with one attached hydrogen (secondary N) is 1. The number of hydrogen-bond donors (Lipinski definition) is 1. The van der Waals surface area contributed by atoms with Gasteiger partial charge in [0.25, 0.3) is 5.24 Å². The van der Waals surface area contributed by atoms with Crippen LogP contribution in [0, 0.1) is 13.8 Å². The van der Waals surface area contributed by atoms with Crippen molar-refractivity contribution < 1.29 is 9.59 Å². The van der Waals surface area contributed by atoms with Crippen LogP contribution < -0.4 is 5.32 Å². The first-order chi connectivity index (χ1) is 12.5. The van der Waals surface area contributed by atoms with E-state index in [0.717, 1.165) is 22.6 Å². The molecule has 0 bridgehead atoms. The molecule has 0 saturated carbocycles. The van der Waals surface area contributed by atoms with Crippen molar-refractivity contribution in [2.45, 2.75) is 13.8 Å². The number of azo groups is 1. The number of carbonyl (C=O) groups is 2. The fourth-order valence-electron chi connectivity index (χ4n) is 2.49. The molecule has 0 aliphatic carbocycles. The molecule has 26 heavy (non-hydrogen) atoms. The van der Waals surface area contributed by atoms with Crippen molar-refractivity contribution >= 4 is 40.0 Å². The molecule has 134 valence electrons. The number of benzene rings is 2.